The molecule has 1 aliphatic heterocycles. The van der Waals surface area contributed by atoms with E-state index in [-0.39, 0.29) is 25.1 Å². The van der Waals surface area contributed by atoms with Gasteiger partial charge in [-0.25, -0.2) is 13.9 Å². The standard InChI is InChI=1S/C49H79N3O17P2/c1-4-5-19-27-39(53)28-21-15-11-9-12-16-22-29-40(54)30-23-18-25-32-45(56)67-41(35-64-44(55)31-24-17-13-8-6-7-10-14-20-26-38(2)3)36-65-70(60,61)69-71(62,63)66-37-42-46(57)47(58)48(68-42)52-34-33-43(50)51-49(52)59/h5,11-12,15-16,19,21-23,28-30,33-34,38-42,46-48,53-54,57-58H,4,6-10,13-14,17-18,20,24-27,31-32,35-37H2,1-3H3,(H,60,61)(H,62,63)(H2,50,51,59)/b15-11-,16-12-,19-5-,28-21+,29-22+,30-23-/t39-,40-,41+,42+,46+,47+,48+/m0/s1. The molecule has 0 aliphatic carbocycles. The van der Waals surface area contributed by atoms with Crippen molar-refractivity contribution in [1.82, 2.24) is 9.55 Å². The van der Waals surface area contributed by atoms with E-state index >= 15 is 0 Å². The van der Waals surface area contributed by atoms with Crippen LogP contribution < -0.4 is 11.4 Å². The lowest BCUT2D eigenvalue weighted by molar-refractivity contribution is -0.161. The summed E-state index contributed by atoms with van der Waals surface area (Å²) < 4.78 is 56.5. The third kappa shape index (κ3) is 30.0. The Kier molecular flexibility index (Phi) is 32.2. The molecule has 2 heterocycles. The van der Waals surface area contributed by atoms with Crippen molar-refractivity contribution in [3.63, 3.8) is 0 Å². The molecule has 0 amide bonds. The topological polar surface area (TPSA) is 306 Å². The Morgan fingerprint density at radius 1 is 0.803 bits per heavy atom. The molecule has 1 saturated heterocycles. The molecule has 1 aromatic heterocycles. The smallest absolute Gasteiger partial charge is 0.462 e. The number of allylic oxidation sites excluding steroid dienone is 8. The second-order valence-electron chi connectivity index (χ2n) is 17.5. The number of nitrogens with two attached hydrogens (primary N) is 1. The van der Waals surface area contributed by atoms with Crippen molar-refractivity contribution in [2.45, 2.75) is 173 Å². The summed E-state index contributed by atoms with van der Waals surface area (Å²) in [5.41, 5.74) is 4.56. The molecule has 0 radical (unpaired) electrons. The minimum absolute atomic E-state index is 0.0806. The average molecular weight is 1040 g/mol. The van der Waals surface area contributed by atoms with Crippen molar-refractivity contribution < 1.29 is 76.5 Å². The third-order valence-electron chi connectivity index (χ3n) is 10.7. The molecule has 9 atom stereocenters. The van der Waals surface area contributed by atoms with Gasteiger partial charge in [0.25, 0.3) is 0 Å². The maximum Gasteiger partial charge on any atom is 0.481 e. The Morgan fingerprint density at radius 2 is 1.44 bits per heavy atom. The fourth-order valence-corrected chi connectivity index (χ4v) is 8.94. The minimum atomic E-state index is -5.47. The van der Waals surface area contributed by atoms with Crippen molar-refractivity contribution in [3.05, 3.63) is 95.7 Å². The predicted molar refractivity (Wildman–Crippen MR) is 268 cm³/mol. The van der Waals surface area contributed by atoms with Gasteiger partial charge in [-0.1, -0.05) is 151 Å². The van der Waals surface area contributed by atoms with E-state index < -0.39 is 95.9 Å². The van der Waals surface area contributed by atoms with E-state index in [2.05, 4.69) is 23.1 Å². The number of aromatic nitrogens is 2. The molecule has 0 saturated carbocycles. The zero-order valence-corrected chi connectivity index (χ0v) is 43.2. The van der Waals surface area contributed by atoms with Crippen LogP contribution in [0.15, 0.2) is 90.0 Å². The summed E-state index contributed by atoms with van der Waals surface area (Å²) >= 11 is 0. The summed E-state index contributed by atoms with van der Waals surface area (Å²) in [6, 6.07) is 1.23. The summed E-state index contributed by atoms with van der Waals surface area (Å²) in [7, 11) is -10.9. The zero-order chi connectivity index (χ0) is 52.5. The van der Waals surface area contributed by atoms with Crippen LogP contribution in [0.25, 0.3) is 0 Å². The highest BCUT2D eigenvalue weighted by molar-refractivity contribution is 7.61. The van der Waals surface area contributed by atoms with E-state index in [1.54, 1.807) is 42.5 Å². The molecule has 0 aromatic carbocycles. The van der Waals surface area contributed by atoms with Gasteiger partial charge in [0, 0.05) is 19.0 Å². The summed E-state index contributed by atoms with van der Waals surface area (Å²) in [4.78, 5) is 61.8. The Morgan fingerprint density at radius 3 is 2.10 bits per heavy atom. The van der Waals surface area contributed by atoms with E-state index in [1.807, 2.05) is 37.3 Å². The number of aliphatic hydroxyl groups is 4. The molecule has 22 heteroatoms. The van der Waals surface area contributed by atoms with Crippen LogP contribution >= 0.6 is 15.6 Å². The molecule has 0 spiro atoms. The van der Waals surface area contributed by atoms with Gasteiger partial charge in [0.1, 0.15) is 30.7 Å². The fraction of sp³-hybridized carbons (Fsp3) is 0.633. The number of unbranched alkanes of at least 4 members (excludes halogenated alkanes) is 9. The first-order valence-corrected chi connectivity index (χ1v) is 27.5. The Bertz CT molecular complexity index is 2020. The largest absolute Gasteiger partial charge is 0.481 e. The predicted octanol–water partition coefficient (Wildman–Crippen LogP) is 7.52. The van der Waals surface area contributed by atoms with Crippen LogP contribution in [0, 0.1) is 5.92 Å². The van der Waals surface area contributed by atoms with Crippen LogP contribution in [0.3, 0.4) is 0 Å². The van der Waals surface area contributed by atoms with Crippen LogP contribution in [0.2, 0.25) is 0 Å². The van der Waals surface area contributed by atoms with Gasteiger partial charge in [-0.2, -0.15) is 9.29 Å². The first-order valence-electron chi connectivity index (χ1n) is 24.5. The van der Waals surface area contributed by atoms with E-state index in [9.17, 15) is 53.7 Å². The Labute approximate surface area is 418 Å². The maximum absolute atomic E-state index is 12.8. The van der Waals surface area contributed by atoms with Crippen molar-refractivity contribution >= 4 is 33.4 Å². The SMILES string of the molecule is CC/C=C\C[C@H](O)/C=C/C=C\C/C=C\C=C\[C@H](O)/C=C\CCCC(=O)O[C@H](COC(=O)CCCCCCCCCCCC(C)C)COP(=O)(O)OP(=O)(O)OC[C@H]1O[C@@H](n2ccc(N)nc2=O)[C@H](O)[C@@H]1O. The number of rotatable bonds is 38. The van der Waals surface area contributed by atoms with Gasteiger partial charge in [0.2, 0.25) is 0 Å². The molecule has 2 unspecified atom stereocenters. The first kappa shape index (κ1) is 63.2. The lowest BCUT2D eigenvalue weighted by atomic mass is 10.0. The molecule has 1 aliphatic rings. The van der Waals surface area contributed by atoms with Crippen LogP contribution in [0.1, 0.15) is 136 Å². The van der Waals surface area contributed by atoms with E-state index in [1.165, 1.54) is 38.2 Å². The van der Waals surface area contributed by atoms with Crippen molar-refractivity contribution in [2.24, 2.45) is 5.92 Å². The van der Waals surface area contributed by atoms with Gasteiger partial charge in [-0.15, -0.1) is 0 Å². The quantitative estimate of drug-likeness (QED) is 0.0111. The molecular weight excluding hydrogens is 964 g/mol. The number of phosphoric ester groups is 2. The highest BCUT2D eigenvalue weighted by Gasteiger charge is 2.46. The molecular formula is C49H79N3O17P2. The highest BCUT2D eigenvalue weighted by atomic mass is 31.3. The van der Waals surface area contributed by atoms with Gasteiger partial charge in [-0.3, -0.25) is 23.2 Å². The van der Waals surface area contributed by atoms with Crippen molar-refractivity contribution in [1.29, 1.82) is 0 Å². The average Bonchev–Trinajstić information content (AvgIpc) is 3.58. The summed E-state index contributed by atoms with van der Waals surface area (Å²) in [5, 5.41) is 41.0. The van der Waals surface area contributed by atoms with Gasteiger partial charge in [0.05, 0.1) is 25.4 Å². The highest BCUT2D eigenvalue weighted by Crippen LogP contribution is 2.60. The summed E-state index contributed by atoms with van der Waals surface area (Å²) in [5.74, 6) is -0.778. The van der Waals surface area contributed by atoms with Gasteiger partial charge < -0.3 is 50.2 Å². The molecule has 20 nitrogen and oxygen atoms in total. The van der Waals surface area contributed by atoms with E-state index in [0.717, 1.165) is 48.8 Å². The normalized spacial score (nSPS) is 20.8. The number of carbonyl (C=O) groups is 2. The monoisotopic (exact) mass is 1040 g/mol. The number of phosphoric acid groups is 2. The maximum atomic E-state index is 12.8. The number of aliphatic hydroxyl groups excluding tert-OH is 4. The van der Waals surface area contributed by atoms with Crippen LogP contribution in [0.4, 0.5) is 5.82 Å². The third-order valence-corrected chi connectivity index (χ3v) is 13.3. The first-order chi connectivity index (χ1) is 33.8. The van der Waals surface area contributed by atoms with Crippen molar-refractivity contribution in [3.8, 4) is 0 Å². The van der Waals surface area contributed by atoms with Crippen LogP contribution in [-0.4, -0.2) is 108 Å². The van der Waals surface area contributed by atoms with Gasteiger partial charge in [0.15, 0.2) is 12.3 Å². The number of anilines is 1. The summed E-state index contributed by atoms with van der Waals surface area (Å²) in [6.45, 7) is 4.01. The second-order valence-corrected chi connectivity index (χ2v) is 20.5. The molecule has 71 heavy (non-hydrogen) atoms. The van der Waals surface area contributed by atoms with Crippen LogP contribution in [-0.2, 0) is 46.3 Å². The number of esters is 2. The van der Waals surface area contributed by atoms with E-state index in [4.69, 9.17) is 29.0 Å². The molecule has 1 aromatic rings. The van der Waals surface area contributed by atoms with Crippen molar-refractivity contribution in [2.75, 3.05) is 25.6 Å². The number of nitrogens with zero attached hydrogens (tertiary/aromatic N) is 2. The van der Waals surface area contributed by atoms with E-state index in [0.29, 0.717) is 25.7 Å². The molecule has 2 rings (SSSR count). The number of hydrogen-bond acceptors (Lipinski definition) is 17. The lowest BCUT2D eigenvalue weighted by Crippen LogP contribution is -2.36. The number of ether oxygens (including phenoxy) is 3. The molecule has 1 fully saturated rings. The Balaban J connectivity index is 1.88. The molecule has 402 valence electrons. The molecule has 0 bridgehead atoms. The molecule has 8 N–H and O–H groups in total. The fourth-order valence-electron chi connectivity index (χ4n) is 6.83. The second kappa shape index (κ2) is 36.1. The number of carbonyl (C=O) groups excluding carboxylic acids is 2. The number of hydrogen-bond donors (Lipinski definition) is 7. The summed E-state index contributed by atoms with van der Waals surface area (Å²) in [6.07, 6.45) is 26.5. The zero-order valence-electron chi connectivity index (χ0n) is 41.4. The number of nitrogen functional groups attached to an aromatic ring is 1. The van der Waals surface area contributed by atoms with Crippen LogP contribution in [0.5, 0.6) is 0 Å². The lowest BCUT2D eigenvalue weighted by Gasteiger charge is -2.21. The van der Waals surface area contributed by atoms with Gasteiger partial charge in [-0.05, 0) is 50.5 Å². The minimum Gasteiger partial charge on any atom is -0.462 e. The van der Waals surface area contributed by atoms with Gasteiger partial charge >= 0.3 is 33.3 Å². The Hall–Kier alpha value is -3.88.